The molecule has 4 nitrogen and oxygen atoms in total. The summed E-state index contributed by atoms with van der Waals surface area (Å²) >= 11 is 0. The number of carbonyl (C=O) groups is 1. The van der Waals surface area contributed by atoms with Crippen LogP contribution in [0.5, 0.6) is 0 Å². The summed E-state index contributed by atoms with van der Waals surface area (Å²) in [5.74, 6) is 1.60. The monoisotopic (exact) mass is 265 g/mol. The van der Waals surface area contributed by atoms with Crippen LogP contribution in [0, 0.1) is 11.8 Å². The zero-order chi connectivity index (χ0) is 13.2. The van der Waals surface area contributed by atoms with Gasteiger partial charge in [0.05, 0.1) is 6.04 Å². The average molecular weight is 265 g/mol. The molecule has 108 valence electrons. The maximum atomic E-state index is 12.3. The Morgan fingerprint density at radius 1 is 1.32 bits per heavy atom. The molecule has 0 spiro atoms. The standard InChI is InChI=1S/C15H27N3O/c1-2-18(12-6-7-12)9-8-16-15(19)14-13-5-3-4-11(13)10-17-14/h11-14,17H,2-10H2,1H3,(H,16,19). The van der Waals surface area contributed by atoms with Crippen molar-refractivity contribution in [1.82, 2.24) is 15.5 Å². The second-order valence-electron chi connectivity index (χ2n) is 6.39. The molecule has 3 rings (SSSR count). The van der Waals surface area contributed by atoms with Crippen molar-refractivity contribution in [3.63, 3.8) is 0 Å². The van der Waals surface area contributed by atoms with Crippen molar-refractivity contribution >= 4 is 5.91 Å². The molecule has 1 aliphatic heterocycles. The third-order valence-electron chi connectivity index (χ3n) is 5.20. The van der Waals surface area contributed by atoms with Gasteiger partial charge in [-0.25, -0.2) is 0 Å². The van der Waals surface area contributed by atoms with Gasteiger partial charge in [-0.3, -0.25) is 9.69 Å². The number of amides is 1. The van der Waals surface area contributed by atoms with Crippen LogP contribution in [0.4, 0.5) is 0 Å². The SMILES string of the molecule is CCN(CCNC(=O)C1NCC2CCCC21)C1CC1. The average Bonchev–Trinajstić information content (AvgIpc) is 3.00. The van der Waals surface area contributed by atoms with Crippen molar-refractivity contribution in [3.05, 3.63) is 0 Å². The van der Waals surface area contributed by atoms with Crippen molar-refractivity contribution in [1.29, 1.82) is 0 Å². The summed E-state index contributed by atoms with van der Waals surface area (Å²) < 4.78 is 0. The first kappa shape index (κ1) is 13.4. The van der Waals surface area contributed by atoms with Gasteiger partial charge in [0.25, 0.3) is 0 Å². The van der Waals surface area contributed by atoms with E-state index in [-0.39, 0.29) is 11.9 Å². The van der Waals surface area contributed by atoms with E-state index in [0.717, 1.165) is 38.1 Å². The fraction of sp³-hybridized carbons (Fsp3) is 0.933. The Balaban J connectivity index is 1.41. The van der Waals surface area contributed by atoms with Crippen LogP contribution >= 0.6 is 0 Å². The lowest BCUT2D eigenvalue weighted by Crippen LogP contribution is -2.46. The minimum Gasteiger partial charge on any atom is -0.353 e. The van der Waals surface area contributed by atoms with Crippen LogP contribution in [0.15, 0.2) is 0 Å². The van der Waals surface area contributed by atoms with Gasteiger partial charge < -0.3 is 10.6 Å². The maximum absolute atomic E-state index is 12.3. The molecule has 0 radical (unpaired) electrons. The molecule has 0 aromatic heterocycles. The molecule has 0 bridgehead atoms. The van der Waals surface area contributed by atoms with Crippen molar-refractivity contribution in [3.8, 4) is 0 Å². The summed E-state index contributed by atoms with van der Waals surface area (Å²) in [4.78, 5) is 14.7. The van der Waals surface area contributed by atoms with Gasteiger partial charge in [0.2, 0.25) is 5.91 Å². The predicted octanol–water partition coefficient (Wildman–Crippen LogP) is 0.975. The lowest BCUT2D eigenvalue weighted by atomic mass is 9.94. The molecule has 4 heteroatoms. The molecular formula is C15H27N3O. The highest BCUT2D eigenvalue weighted by atomic mass is 16.2. The predicted molar refractivity (Wildman–Crippen MR) is 75.9 cm³/mol. The van der Waals surface area contributed by atoms with Gasteiger partial charge in [-0.15, -0.1) is 0 Å². The van der Waals surface area contributed by atoms with E-state index in [1.54, 1.807) is 0 Å². The van der Waals surface area contributed by atoms with E-state index in [2.05, 4.69) is 22.5 Å². The molecule has 1 saturated heterocycles. The molecule has 2 aliphatic carbocycles. The van der Waals surface area contributed by atoms with Gasteiger partial charge in [0.15, 0.2) is 0 Å². The van der Waals surface area contributed by atoms with Crippen molar-refractivity contribution in [2.75, 3.05) is 26.2 Å². The van der Waals surface area contributed by atoms with E-state index in [1.807, 2.05) is 0 Å². The lowest BCUT2D eigenvalue weighted by Gasteiger charge is -2.22. The molecule has 3 unspecified atom stereocenters. The van der Waals surface area contributed by atoms with Gasteiger partial charge in [-0.1, -0.05) is 13.3 Å². The molecule has 0 aromatic carbocycles. The number of carbonyl (C=O) groups excluding carboxylic acids is 1. The molecule has 3 atom stereocenters. The van der Waals surface area contributed by atoms with Crippen molar-refractivity contribution in [2.45, 2.75) is 51.1 Å². The van der Waals surface area contributed by atoms with E-state index >= 15 is 0 Å². The summed E-state index contributed by atoms with van der Waals surface area (Å²) in [5.41, 5.74) is 0. The summed E-state index contributed by atoms with van der Waals surface area (Å²) in [7, 11) is 0. The van der Waals surface area contributed by atoms with Gasteiger partial charge in [0.1, 0.15) is 0 Å². The number of nitrogens with one attached hydrogen (secondary N) is 2. The lowest BCUT2D eigenvalue weighted by molar-refractivity contribution is -0.123. The maximum Gasteiger partial charge on any atom is 0.237 e. The molecule has 2 saturated carbocycles. The molecule has 2 N–H and O–H groups in total. The molecular weight excluding hydrogens is 238 g/mol. The smallest absolute Gasteiger partial charge is 0.237 e. The number of hydrogen-bond donors (Lipinski definition) is 2. The molecule has 3 fully saturated rings. The first-order chi connectivity index (χ1) is 9.29. The molecule has 3 aliphatic rings. The fourth-order valence-corrected chi connectivity index (χ4v) is 3.95. The van der Waals surface area contributed by atoms with Crippen molar-refractivity contribution < 1.29 is 4.79 Å². The quantitative estimate of drug-likeness (QED) is 0.752. The summed E-state index contributed by atoms with van der Waals surface area (Å²) in [6.45, 7) is 6.17. The third-order valence-corrected chi connectivity index (χ3v) is 5.20. The minimum atomic E-state index is 0.0866. The zero-order valence-electron chi connectivity index (χ0n) is 12.0. The molecule has 1 amide bonds. The van der Waals surface area contributed by atoms with Gasteiger partial charge >= 0.3 is 0 Å². The number of likely N-dealkylation sites (N-methyl/N-ethyl adjacent to an activating group) is 1. The Morgan fingerprint density at radius 2 is 2.16 bits per heavy atom. The van der Waals surface area contributed by atoms with Gasteiger partial charge in [0, 0.05) is 19.1 Å². The third kappa shape index (κ3) is 2.95. The Bertz CT molecular complexity index is 329. The van der Waals surface area contributed by atoms with Crippen LogP contribution in [-0.4, -0.2) is 49.1 Å². The zero-order valence-corrected chi connectivity index (χ0v) is 12.0. The van der Waals surface area contributed by atoms with Crippen LogP contribution in [-0.2, 0) is 4.79 Å². The highest BCUT2D eigenvalue weighted by Gasteiger charge is 2.42. The number of rotatable bonds is 6. The number of nitrogens with zero attached hydrogens (tertiary/aromatic N) is 1. The molecule has 19 heavy (non-hydrogen) atoms. The number of fused-ring (bicyclic) bond motifs is 1. The summed E-state index contributed by atoms with van der Waals surface area (Å²) in [6.07, 6.45) is 6.54. The van der Waals surface area contributed by atoms with Crippen LogP contribution < -0.4 is 10.6 Å². The Kier molecular flexibility index (Phi) is 4.08. The summed E-state index contributed by atoms with van der Waals surface area (Å²) in [6, 6.07) is 0.884. The van der Waals surface area contributed by atoms with Gasteiger partial charge in [-0.2, -0.15) is 0 Å². The van der Waals surface area contributed by atoms with E-state index < -0.39 is 0 Å². The topological polar surface area (TPSA) is 44.4 Å². The van der Waals surface area contributed by atoms with Crippen LogP contribution in [0.2, 0.25) is 0 Å². The van der Waals surface area contributed by atoms with E-state index in [0.29, 0.717) is 5.92 Å². The second-order valence-corrected chi connectivity index (χ2v) is 6.39. The Hall–Kier alpha value is -0.610. The fourth-order valence-electron chi connectivity index (χ4n) is 3.95. The highest BCUT2D eigenvalue weighted by molar-refractivity contribution is 5.82. The van der Waals surface area contributed by atoms with E-state index in [9.17, 15) is 4.79 Å². The van der Waals surface area contributed by atoms with E-state index in [1.165, 1.54) is 32.1 Å². The summed E-state index contributed by atoms with van der Waals surface area (Å²) in [5, 5.41) is 6.56. The Labute approximate surface area is 116 Å². The minimum absolute atomic E-state index is 0.0866. The van der Waals surface area contributed by atoms with Crippen LogP contribution in [0.25, 0.3) is 0 Å². The van der Waals surface area contributed by atoms with E-state index in [4.69, 9.17) is 0 Å². The second kappa shape index (κ2) is 5.80. The highest BCUT2D eigenvalue weighted by Crippen LogP contribution is 2.37. The van der Waals surface area contributed by atoms with Crippen molar-refractivity contribution in [2.24, 2.45) is 11.8 Å². The number of hydrogen-bond acceptors (Lipinski definition) is 3. The van der Waals surface area contributed by atoms with Crippen LogP contribution in [0.3, 0.4) is 0 Å². The normalized spacial score (nSPS) is 33.7. The van der Waals surface area contributed by atoms with Gasteiger partial charge in [-0.05, 0) is 50.6 Å². The van der Waals surface area contributed by atoms with Crippen LogP contribution in [0.1, 0.15) is 39.0 Å². The first-order valence-electron chi connectivity index (χ1n) is 8.04. The first-order valence-corrected chi connectivity index (χ1v) is 8.04. The largest absolute Gasteiger partial charge is 0.353 e. The molecule has 0 aromatic rings. The molecule has 1 heterocycles. The Morgan fingerprint density at radius 3 is 2.89 bits per heavy atom.